The molecule has 2 N–H and O–H groups in total. The van der Waals surface area contributed by atoms with E-state index in [1.165, 1.54) is 0 Å². The second-order valence-electron chi connectivity index (χ2n) is 5.44. The Hall–Kier alpha value is -3.13. The molecule has 0 bridgehead atoms. The monoisotopic (exact) mass is 305 g/mol. The zero-order chi connectivity index (χ0) is 16.2. The van der Waals surface area contributed by atoms with Gasteiger partial charge < -0.3 is 10.6 Å². The van der Waals surface area contributed by atoms with Crippen LogP contribution in [0.5, 0.6) is 0 Å². The minimum Gasteiger partial charge on any atom is -0.349 e. The number of carbonyl (C=O) groups is 2. The number of hydrogen-bond donors (Lipinski definition) is 2. The Labute approximate surface area is 133 Å². The Kier molecular flexibility index (Phi) is 4.07. The first kappa shape index (κ1) is 14.8. The number of para-hydroxylation sites is 1. The highest BCUT2D eigenvalue weighted by atomic mass is 16.2. The standard InChI is InChI=1S/C18H15N3O2/c19-11-14-3-1-2-4-16(14)21-18(23)13-7-5-12(6-8-13)17(22)20-15-9-10-15/h1-8,15H,9-10H2,(H,20,22)(H,21,23). The summed E-state index contributed by atoms with van der Waals surface area (Å²) in [6.45, 7) is 0. The van der Waals surface area contributed by atoms with Crippen molar-refractivity contribution in [3.8, 4) is 6.07 Å². The van der Waals surface area contributed by atoms with Crippen molar-refractivity contribution >= 4 is 17.5 Å². The lowest BCUT2D eigenvalue weighted by Gasteiger charge is -2.08. The van der Waals surface area contributed by atoms with Gasteiger partial charge in [0.1, 0.15) is 6.07 Å². The van der Waals surface area contributed by atoms with Gasteiger partial charge in [-0.2, -0.15) is 5.26 Å². The summed E-state index contributed by atoms with van der Waals surface area (Å²) in [6.07, 6.45) is 2.06. The van der Waals surface area contributed by atoms with Crippen LogP contribution in [0.1, 0.15) is 39.1 Å². The van der Waals surface area contributed by atoms with Crippen LogP contribution in [0.4, 0.5) is 5.69 Å². The molecule has 0 saturated heterocycles. The average molecular weight is 305 g/mol. The topological polar surface area (TPSA) is 82.0 Å². The highest BCUT2D eigenvalue weighted by Crippen LogP contribution is 2.19. The maximum absolute atomic E-state index is 12.2. The van der Waals surface area contributed by atoms with Crippen molar-refractivity contribution in [3.05, 3.63) is 65.2 Å². The van der Waals surface area contributed by atoms with Crippen molar-refractivity contribution in [1.82, 2.24) is 5.32 Å². The average Bonchev–Trinajstić information content (AvgIpc) is 3.39. The summed E-state index contributed by atoms with van der Waals surface area (Å²) in [5, 5.41) is 14.6. The third-order valence-electron chi connectivity index (χ3n) is 3.62. The summed E-state index contributed by atoms with van der Waals surface area (Å²) in [7, 11) is 0. The second-order valence-corrected chi connectivity index (χ2v) is 5.44. The zero-order valence-corrected chi connectivity index (χ0v) is 12.4. The molecule has 0 aromatic heterocycles. The van der Waals surface area contributed by atoms with Gasteiger partial charge in [0.2, 0.25) is 0 Å². The van der Waals surface area contributed by atoms with Gasteiger partial charge in [0.05, 0.1) is 11.3 Å². The Morgan fingerprint density at radius 3 is 2.17 bits per heavy atom. The molecule has 0 unspecified atom stereocenters. The molecule has 1 aliphatic rings. The molecule has 114 valence electrons. The molecule has 2 aromatic carbocycles. The first-order chi connectivity index (χ1) is 11.2. The van der Waals surface area contributed by atoms with Crippen molar-refractivity contribution in [1.29, 1.82) is 5.26 Å². The first-order valence-corrected chi connectivity index (χ1v) is 7.39. The van der Waals surface area contributed by atoms with Gasteiger partial charge in [0.25, 0.3) is 11.8 Å². The van der Waals surface area contributed by atoms with Crippen molar-refractivity contribution in [2.24, 2.45) is 0 Å². The fraction of sp³-hybridized carbons (Fsp3) is 0.167. The molecule has 23 heavy (non-hydrogen) atoms. The zero-order valence-electron chi connectivity index (χ0n) is 12.4. The number of hydrogen-bond acceptors (Lipinski definition) is 3. The molecule has 0 radical (unpaired) electrons. The number of nitrogens with one attached hydrogen (secondary N) is 2. The molecular weight excluding hydrogens is 290 g/mol. The number of nitrogens with zero attached hydrogens (tertiary/aromatic N) is 1. The molecule has 2 amide bonds. The van der Waals surface area contributed by atoms with Gasteiger partial charge in [-0.15, -0.1) is 0 Å². The van der Waals surface area contributed by atoms with Gasteiger partial charge in [0, 0.05) is 17.2 Å². The minimum absolute atomic E-state index is 0.116. The molecule has 3 rings (SSSR count). The summed E-state index contributed by atoms with van der Waals surface area (Å²) in [5.41, 5.74) is 1.84. The molecule has 5 heteroatoms. The molecule has 0 heterocycles. The summed E-state index contributed by atoms with van der Waals surface area (Å²) in [6, 6.07) is 15.6. The van der Waals surface area contributed by atoms with Crippen molar-refractivity contribution in [3.63, 3.8) is 0 Å². The highest BCUT2D eigenvalue weighted by molar-refractivity contribution is 6.05. The maximum atomic E-state index is 12.2. The van der Waals surface area contributed by atoms with Crippen LogP contribution in [-0.4, -0.2) is 17.9 Å². The Bertz CT molecular complexity index is 787. The molecule has 1 aliphatic carbocycles. The van der Waals surface area contributed by atoms with E-state index >= 15 is 0 Å². The molecule has 1 saturated carbocycles. The van der Waals surface area contributed by atoms with Gasteiger partial charge in [-0.1, -0.05) is 12.1 Å². The molecular formula is C18H15N3O2. The number of benzene rings is 2. The van der Waals surface area contributed by atoms with E-state index < -0.39 is 0 Å². The van der Waals surface area contributed by atoms with E-state index in [1.54, 1.807) is 48.5 Å². The summed E-state index contributed by atoms with van der Waals surface area (Å²) >= 11 is 0. The van der Waals surface area contributed by atoms with E-state index in [9.17, 15) is 9.59 Å². The van der Waals surface area contributed by atoms with Crippen molar-refractivity contribution < 1.29 is 9.59 Å². The maximum Gasteiger partial charge on any atom is 0.255 e. The van der Waals surface area contributed by atoms with Crippen LogP contribution in [0.25, 0.3) is 0 Å². The number of carbonyl (C=O) groups excluding carboxylic acids is 2. The quantitative estimate of drug-likeness (QED) is 0.911. The fourth-order valence-corrected chi connectivity index (χ4v) is 2.15. The number of rotatable bonds is 4. The lowest BCUT2D eigenvalue weighted by molar-refractivity contribution is 0.0949. The number of amides is 2. The molecule has 2 aromatic rings. The van der Waals surface area contributed by atoms with Gasteiger partial charge in [-0.25, -0.2) is 0 Å². The first-order valence-electron chi connectivity index (χ1n) is 7.39. The molecule has 5 nitrogen and oxygen atoms in total. The Morgan fingerprint density at radius 2 is 1.57 bits per heavy atom. The number of nitriles is 1. The van der Waals surface area contributed by atoms with E-state index in [4.69, 9.17) is 5.26 Å². The normalized spacial score (nSPS) is 13.0. The highest BCUT2D eigenvalue weighted by Gasteiger charge is 2.23. The van der Waals surface area contributed by atoms with E-state index in [0.717, 1.165) is 12.8 Å². The van der Waals surface area contributed by atoms with Crippen LogP contribution in [0.2, 0.25) is 0 Å². The lowest BCUT2D eigenvalue weighted by atomic mass is 10.1. The van der Waals surface area contributed by atoms with Crippen LogP contribution in [0.3, 0.4) is 0 Å². The van der Waals surface area contributed by atoms with Gasteiger partial charge >= 0.3 is 0 Å². The van der Waals surface area contributed by atoms with Crippen LogP contribution in [0.15, 0.2) is 48.5 Å². The van der Waals surface area contributed by atoms with Crippen LogP contribution in [-0.2, 0) is 0 Å². The fourth-order valence-electron chi connectivity index (χ4n) is 2.15. The number of anilines is 1. The minimum atomic E-state index is -0.318. The second kappa shape index (κ2) is 6.32. The summed E-state index contributed by atoms with van der Waals surface area (Å²) < 4.78 is 0. The Morgan fingerprint density at radius 1 is 0.957 bits per heavy atom. The van der Waals surface area contributed by atoms with Crippen LogP contribution >= 0.6 is 0 Å². The van der Waals surface area contributed by atoms with Crippen LogP contribution < -0.4 is 10.6 Å². The molecule has 0 aliphatic heterocycles. The van der Waals surface area contributed by atoms with Crippen LogP contribution in [0, 0.1) is 11.3 Å². The summed E-state index contributed by atoms with van der Waals surface area (Å²) in [5.74, 6) is -0.434. The summed E-state index contributed by atoms with van der Waals surface area (Å²) in [4.78, 5) is 24.1. The predicted molar refractivity (Wildman–Crippen MR) is 86.0 cm³/mol. The molecule has 1 fully saturated rings. The van der Waals surface area contributed by atoms with E-state index in [1.807, 2.05) is 6.07 Å². The Balaban J connectivity index is 1.70. The lowest BCUT2D eigenvalue weighted by Crippen LogP contribution is -2.25. The van der Waals surface area contributed by atoms with Gasteiger partial charge in [-0.3, -0.25) is 9.59 Å². The van der Waals surface area contributed by atoms with E-state index in [0.29, 0.717) is 28.4 Å². The third kappa shape index (κ3) is 3.55. The predicted octanol–water partition coefficient (Wildman–Crippen LogP) is 2.70. The molecule has 0 atom stereocenters. The molecule has 0 spiro atoms. The van der Waals surface area contributed by atoms with Gasteiger partial charge in [-0.05, 0) is 49.2 Å². The SMILES string of the molecule is N#Cc1ccccc1NC(=O)c1ccc(C(=O)NC2CC2)cc1. The van der Waals surface area contributed by atoms with E-state index in [-0.39, 0.29) is 11.8 Å². The smallest absolute Gasteiger partial charge is 0.255 e. The van der Waals surface area contributed by atoms with E-state index in [2.05, 4.69) is 10.6 Å². The van der Waals surface area contributed by atoms with Crippen molar-refractivity contribution in [2.75, 3.05) is 5.32 Å². The third-order valence-corrected chi connectivity index (χ3v) is 3.62. The van der Waals surface area contributed by atoms with Gasteiger partial charge in [0.15, 0.2) is 0 Å². The van der Waals surface area contributed by atoms with Crippen molar-refractivity contribution in [2.45, 2.75) is 18.9 Å². The largest absolute Gasteiger partial charge is 0.349 e.